The largest absolute Gasteiger partial charge is 0.493 e. The summed E-state index contributed by atoms with van der Waals surface area (Å²) in [6.07, 6.45) is 2.20. The molecule has 0 heterocycles. The zero-order chi connectivity index (χ0) is 20.8. The standard InChI is InChI=1S/C20H32N2O6/c1-5-8-9-10-13-28-17-14-15(11-12-16(17)25-4)18(21-19(23)26-6-2)22-20(24)27-7-3/h11-12,14,18H,5-10,13H2,1-4H3,(H,21,23)(H,22,24). The van der Waals surface area contributed by atoms with Crippen LogP contribution in [0.25, 0.3) is 0 Å². The van der Waals surface area contributed by atoms with Crippen LogP contribution in [0.4, 0.5) is 9.59 Å². The first-order valence-electron chi connectivity index (χ1n) is 9.72. The Morgan fingerprint density at radius 1 is 0.929 bits per heavy atom. The van der Waals surface area contributed by atoms with Crippen molar-refractivity contribution < 1.29 is 28.5 Å². The van der Waals surface area contributed by atoms with Crippen molar-refractivity contribution in [3.8, 4) is 11.5 Å². The highest BCUT2D eigenvalue weighted by atomic mass is 16.6. The molecule has 8 nitrogen and oxygen atoms in total. The molecule has 0 saturated heterocycles. The molecular weight excluding hydrogens is 364 g/mol. The van der Waals surface area contributed by atoms with Crippen molar-refractivity contribution in [2.24, 2.45) is 0 Å². The van der Waals surface area contributed by atoms with Crippen LogP contribution in [0.1, 0.15) is 58.2 Å². The van der Waals surface area contributed by atoms with Gasteiger partial charge in [-0.1, -0.05) is 32.3 Å². The number of alkyl carbamates (subject to hydrolysis) is 2. The van der Waals surface area contributed by atoms with Gasteiger partial charge in [-0.2, -0.15) is 0 Å². The molecule has 0 unspecified atom stereocenters. The second-order valence-corrected chi connectivity index (χ2v) is 5.98. The average Bonchev–Trinajstić information content (AvgIpc) is 2.67. The van der Waals surface area contributed by atoms with Crippen molar-refractivity contribution in [3.63, 3.8) is 0 Å². The number of hydrogen-bond acceptors (Lipinski definition) is 6. The van der Waals surface area contributed by atoms with E-state index in [1.54, 1.807) is 39.2 Å². The Morgan fingerprint density at radius 2 is 1.57 bits per heavy atom. The number of methoxy groups -OCH3 is 1. The normalized spacial score (nSPS) is 10.3. The lowest BCUT2D eigenvalue weighted by Crippen LogP contribution is -2.41. The topological polar surface area (TPSA) is 95.1 Å². The average molecular weight is 396 g/mol. The second-order valence-electron chi connectivity index (χ2n) is 5.98. The summed E-state index contributed by atoms with van der Waals surface area (Å²) in [6, 6.07) is 5.18. The molecule has 8 heteroatoms. The highest BCUT2D eigenvalue weighted by Gasteiger charge is 2.20. The summed E-state index contributed by atoms with van der Waals surface area (Å²) in [5.74, 6) is 1.11. The van der Waals surface area contributed by atoms with Crippen LogP contribution in [0.15, 0.2) is 18.2 Å². The first kappa shape index (κ1) is 23.4. The molecule has 28 heavy (non-hydrogen) atoms. The predicted octanol–water partition coefficient (Wildman–Crippen LogP) is 4.15. The van der Waals surface area contributed by atoms with E-state index >= 15 is 0 Å². The minimum atomic E-state index is -0.841. The molecule has 2 N–H and O–H groups in total. The maximum atomic E-state index is 11.9. The zero-order valence-corrected chi connectivity index (χ0v) is 17.2. The number of amides is 2. The summed E-state index contributed by atoms with van der Waals surface area (Å²) in [6.45, 7) is 6.54. The van der Waals surface area contributed by atoms with Crippen LogP contribution in [-0.4, -0.2) is 39.1 Å². The number of nitrogens with one attached hydrogen (secondary N) is 2. The number of rotatable bonds is 12. The highest BCUT2D eigenvalue weighted by Crippen LogP contribution is 2.30. The third-order valence-electron chi connectivity index (χ3n) is 3.85. The minimum absolute atomic E-state index is 0.215. The van der Waals surface area contributed by atoms with Crippen LogP contribution in [0.5, 0.6) is 11.5 Å². The van der Waals surface area contributed by atoms with Crippen molar-refractivity contribution in [3.05, 3.63) is 23.8 Å². The van der Waals surface area contributed by atoms with Crippen LogP contribution >= 0.6 is 0 Å². The Labute approximate surface area is 166 Å². The molecule has 0 spiro atoms. The van der Waals surface area contributed by atoms with Crippen LogP contribution < -0.4 is 20.1 Å². The van der Waals surface area contributed by atoms with Gasteiger partial charge in [0.1, 0.15) is 6.17 Å². The van der Waals surface area contributed by atoms with Gasteiger partial charge in [-0.3, -0.25) is 10.6 Å². The second kappa shape index (κ2) is 13.5. The Balaban J connectivity index is 2.95. The fraction of sp³-hybridized carbons (Fsp3) is 0.600. The van der Waals surface area contributed by atoms with Crippen molar-refractivity contribution >= 4 is 12.2 Å². The van der Waals surface area contributed by atoms with E-state index in [9.17, 15) is 9.59 Å². The van der Waals surface area contributed by atoms with E-state index in [0.717, 1.165) is 25.7 Å². The van der Waals surface area contributed by atoms with Crippen LogP contribution in [0.2, 0.25) is 0 Å². The summed E-state index contributed by atoms with van der Waals surface area (Å²) in [5, 5.41) is 5.21. The Morgan fingerprint density at radius 3 is 2.11 bits per heavy atom. The molecule has 0 atom stereocenters. The number of ether oxygens (including phenoxy) is 4. The monoisotopic (exact) mass is 396 g/mol. The fourth-order valence-electron chi connectivity index (χ4n) is 2.48. The molecule has 0 aromatic heterocycles. The molecule has 0 aliphatic heterocycles. The molecule has 0 aliphatic carbocycles. The summed E-state index contributed by atoms with van der Waals surface area (Å²) in [4.78, 5) is 23.7. The lowest BCUT2D eigenvalue weighted by molar-refractivity contribution is 0.135. The molecule has 0 saturated carbocycles. The van der Waals surface area contributed by atoms with E-state index in [1.807, 2.05) is 0 Å². The fourth-order valence-corrected chi connectivity index (χ4v) is 2.48. The molecule has 0 fully saturated rings. The maximum absolute atomic E-state index is 11.9. The molecule has 0 aliphatic rings. The van der Waals surface area contributed by atoms with Crippen molar-refractivity contribution in [2.75, 3.05) is 26.9 Å². The van der Waals surface area contributed by atoms with Crippen molar-refractivity contribution in [1.82, 2.24) is 10.6 Å². The van der Waals surface area contributed by atoms with Gasteiger partial charge in [0.05, 0.1) is 26.9 Å². The van der Waals surface area contributed by atoms with Crippen LogP contribution in [0.3, 0.4) is 0 Å². The van der Waals surface area contributed by atoms with Crippen LogP contribution in [-0.2, 0) is 9.47 Å². The number of benzene rings is 1. The smallest absolute Gasteiger partial charge is 0.409 e. The SMILES string of the molecule is CCCCCCOc1cc(C(NC(=O)OCC)NC(=O)OCC)ccc1OC. The van der Waals surface area contributed by atoms with E-state index in [-0.39, 0.29) is 13.2 Å². The molecule has 2 amide bonds. The minimum Gasteiger partial charge on any atom is -0.493 e. The number of hydrogen-bond donors (Lipinski definition) is 2. The van der Waals surface area contributed by atoms with Crippen LogP contribution in [0, 0.1) is 0 Å². The molecular formula is C20H32N2O6. The number of carbonyl (C=O) groups excluding carboxylic acids is 2. The summed E-state index contributed by atoms with van der Waals surface area (Å²) in [5.41, 5.74) is 0.602. The summed E-state index contributed by atoms with van der Waals surface area (Å²) >= 11 is 0. The predicted molar refractivity (Wildman–Crippen MR) is 106 cm³/mol. The summed E-state index contributed by atoms with van der Waals surface area (Å²) in [7, 11) is 1.56. The van der Waals surface area contributed by atoms with Crippen molar-refractivity contribution in [1.29, 1.82) is 0 Å². The van der Waals surface area contributed by atoms with Gasteiger partial charge >= 0.3 is 12.2 Å². The molecule has 1 rings (SSSR count). The van der Waals surface area contributed by atoms with Gasteiger partial charge in [0.2, 0.25) is 0 Å². The Bertz CT molecular complexity index is 588. The van der Waals surface area contributed by atoms with Gasteiger partial charge in [0, 0.05) is 0 Å². The first-order valence-corrected chi connectivity index (χ1v) is 9.72. The molecule has 158 valence electrons. The van der Waals surface area contributed by atoms with E-state index in [4.69, 9.17) is 18.9 Å². The highest BCUT2D eigenvalue weighted by molar-refractivity contribution is 5.71. The van der Waals surface area contributed by atoms with E-state index < -0.39 is 18.4 Å². The van der Waals surface area contributed by atoms with Gasteiger partial charge < -0.3 is 18.9 Å². The Hall–Kier alpha value is -2.64. The van der Waals surface area contributed by atoms with E-state index in [2.05, 4.69) is 17.6 Å². The number of carbonyl (C=O) groups is 2. The summed E-state index contributed by atoms with van der Waals surface area (Å²) < 4.78 is 21.0. The lowest BCUT2D eigenvalue weighted by atomic mass is 10.1. The first-order chi connectivity index (χ1) is 13.5. The quantitative estimate of drug-likeness (QED) is 0.407. The van der Waals surface area contributed by atoms with Gasteiger partial charge in [-0.05, 0) is 38.0 Å². The number of unbranched alkanes of at least 4 members (excludes halogenated alkanes) is 3. The van der Waals surface area contributed by atoms with Crippen molar-refractivity contribution in [2.45, 2.75) is 52.6 Å². The van der Waals surface area contributed by atoms with Gasteiger partial charge in [0.25, 0.3) is 0 Å². The molecule has 1 aromatic rings. The lowest BCUT2D eigenvalue weighted by Gasteiger charge is -2.21. The van der Waals surface area contributed by atoms with Gasteiger partial charge in [-0.25, -0.2) is 9.59 Å². The molecule has 0 radical (unpaired) electrons. The molecule has 0 bridgehead atoms. The van der Waals surface area contributed by atoms with Gasteiger partial charge in [0.15, 0.2) is 11.5 Å². The third kappa shape index (κ3) is 8.37. The Kier molecular flexibility index (Phi) is 11.3. The van der Waals surface area contributed by atoms with Gasteiger partial charge in [-0.15, -0.1) is 0 Å². The van der Waals surface area contributed by atoms with E-state index in [0.29, 0.717) is 23.7 Å². The maximum Gasteiger partial charge on any atom is 0.409 e. The van der Waals surface area contributed by atoms with E-state index in [1.165, 1.54) is 0 Å². The third-order valence-corrected chi connectivity index (χ3v) is 3.85. The molecule has 1 aromatic carbocycles. The zero-order valence-electron chi connectivity index (χ0n) is 17.2.